The second kappa shape index (κ2) is 5.81. The zero-order valence-electron chi connectivity index (χ0n) is 14.6. The third-order valence-corrected chi connectivity index (χ3v) is 5.90. The number of carbonyl (C=O) groups is 1. The minimum atomic E-state index is -0.180. The van der Waals surface area contributed by atoms with Gasteiger partial charge in [0.2, 0.25) is 0 Å². The van der Waals surface area contributed by atoms with Gasteiger partial charge in [0.1, 0.15) is 5.78 Å². The lowest BCUT2D eigenvalue weighted by Gasteiger charge is -2.29. The van der Waals surface area contributed by atoms with E-state index in [-0.39, 0.29) is 5.41 Å². The second-order valence-electron chi connectivity index (χ2n) is 7.33. The SMILES string of the molecule is O=C1CC[C@]2(C1)C(c1ccccc1)=C(c1ccccc1)c1ccccc12. The molecule has 2 aliphatic rings. The molecule has 1 nitrogen and oxygen atoms in total. The molecule has 1 fully saturated rings. The van der Waals surface area contributed by atoms with E-state index in [1.165, 1.54) is 33.4 Å². The standard InChI is InChI=1S/C25H20O/c26-20-15-16-25(17-20)22-14-8-7-13-21(22)23(18-9-3-1-4-10-18)24(25)19-11-5-2-6-12-19/h1-14H,15-17H2/t25-/m1/s1. The van der Waals surface area contributed by atoms with Gasteiger partial charge in [0.05, 0.1) is 0 Å². The molecule has 3 aromatic carbocycles. The highest BCUT2D eigenvalue weighted by Gasteiger charge is 2.49. The largest absolute Gasteiger partial charge is 0.300 e. The van der Waals surface area contributed by atoms with Gasteiger partial charge in [-0.1, -0.05) is 84.9 Å². The van der Waals surface area contributed by atoms with Crippen LogP contribution < -0.4 is 0 Å². The molecule has 0 N–H and O–H groups in total. The Bertz CT molecular complexity index is 1010. The first-order chi connectivity index (χ1) is 12.8. The van der Waals surface area contributed by atoms with E-state index < -0.39 is 0 Å². The van der Waals surface area contributed by atoms with Crippen molar-refractivity contribution in [2.45, 2.75) is 24.7 Å². The number of Topliss-reactive ketones (excluding diaryl/α,β-unsaturated/α-hetero) is 1. The molecule has 5 rings (SSSR count). The fourth-order valence-corrected chi connectivity index (χ4v) is 4.87. The normalized spacial score (nSPS) is 21.5. The van der Waals surface area contributed by atoms with Crippen LogP contribution >= 0.6 is 0 Å². The second-order valence-corrected chi connectivity index (χ2v) is 7.33. The predicted octanol–water partition coefficient (Wildman–Crippen LogP) is 5.65. The van der Waals surface area contributed by atoms with E-state index in [1.54, 1.807) is 0 Å². The summed E-state index contributed by atoms with van der Waals surface area (Å²) >= 11 is 0. The first-order valence-corrected chi connectivity index (χ1v) is 9.27. The van der Waals surface area contributed by atoms with Crippen molar-refractivity contribution < 1.29 is 4.79 Å². The number of fused-ring (bicyclic) bond motifs is 2. The molecular formula is C25H20O. The van der Waals surface area contributed by atoms with E-state index >= 15 is 0 Å². The van der Waals surface area contributed by atoms with Crippen LogP contribution in [0.2, 0.25) is 0 Å². The molecule has 0 bridgehead atoms. The number of allylic oxidation sites excluding steroid dienone is 1. The van der Waals surface area contributed by atoms with E-state index in [2.05, 4.69) is 84.9 Å². The van der Waals surface area contributed by atoms with Gasteiger partial charge in [0.15, 0.2) is 0 Å². The van der Waals surface area contributed by atoms with Crippen LogP contribution in [0.4, 0.5) is 0 Å². The van der Waals surface area contributed by atoms with Crippen LogP contribution in [0.15, 0.2) is 84.9 Å². The number of ketones is 1. The van der Waals surface area contributed by atoms with Crippen molar-refractivity contribution in [3.8, 4) is 0 Å². The maximum atomic E-state index is 12.4. The monoisotopic (exact) mass is 336 g/mol. The van der Waals surface area contributed by atoms with Gasteiger partial charge in [-0.25, -0.2) is 0 Å². The third-order valence-electron chi connectivity index (χ3n) is 5.90. The first kappa shape index (κ1) is 15.3. The van der Waals surface area contributed by atoms with Crippen molar-refractivity contribution in [1.29, 1.82) is 0 Å². The van der Waals surface area contributed by atoms with E-state index in [9.17, 15) is 4.79 Å². The quantitative estimate of drug-likeness (QED) is 0.591. The summed E-state index contributed by atoms with van der Waals surface area (Å²) in [4.78, 5) is 12.4. The first-order valence-electron chi connectivity index (χ1n) is 9.27. The fourth-order valence-electron chi connectivity index (χ4n) is 4.87. The highest BCUT2D eigenvalue weighted by Crippen LogP contribution is 2.59. The molecule has 0 radical (unpaired) electrons. The molecule has 126 valence electrons. The molecular weight excluding hydrogens is 316 g/mol. The Balaban J connectivity index is 1.88. The lowest BCUT2D eigenvalue weighted by Crippen LogP contribution is -2.22. The Morgan fingerprint density at radius 3 is 1.96 bits per heavy atom. The average molecular weight is 336 g/mol. The van der Waals surface area contributed by atoms with Crippen molar-refractivity contribution in [1.82, 2.24) is 0 Å². The molecule has 3 aromatic rings. The Morgan fingerprint density at radius 1 is 0.692 bits per heavy atom. The number of carbonyl (C=O) groups excluding carboxylic acids is 1. The summed E-state index contributed by atoms with van der Waals surface area (Å²) in [6, 6.07) is 29.9. The minimum absolute atomic E-state index is 0.180. The van der Waals surface area contributed by atoms with Gasteiger partial charge in [-0.3, -0.25) is 4.79 Å². The molecule has 1 spiro atoms. The smallest absolute Gasteiger partial charge is 0.134 e. The molecule has 0 amide bonds. The van der Waals surface area contributed by atoms with Gasteiger partial charge in [0, 0.05) is 18.3 Å². The summed E-state index contributed by atoms with van der Waals surface area (Å²) < 4.78 is 0. The molecule has 0 heterocycles. The van der Waals surface area contributed by atoms with Crippen LogP contribution in [0.5, 0.6) is 0 Å². The van der Waals surface area contributed by atoms with Gasteiger partial charge >= 0.3 is 0 Å². The molecule has 1 atom stereocenters. The molecule has 0 aliphatic heterocycles. The summed E-state index contributed by atoms with van der Waals surface area (Å²) in [5.41, 5.74) is 7.52. The lowest BCUT2D eigenvalue weighted by molar-refractivity contribution is -0.117. The molecule has 2 aliphatic carbocycles. The van der Waals surface area contributed by atoms with E-state index in [1.807, 2.05) is 0 Å². The summed E-state index contributed by atoms with van der Waals surface area (Å²) in [6.07, 6.45) is 2.20. The number of hydrogen-bond acceptors (Lipinski definition) is 1. The number of rotatable bonds is 2. The van der Waals surface area contributed by atoms with Crippen molar-refractivity contribution in [2.75, 3.05) is 0 Å². The van der Waals surface area contributed by atoms with Crippen molar-refractivity contribution in [2.24, 2.45) is 0 Å². The van der Waals surface area contributed by atoms with Crippen LogP contribution in [0.25, 0.3) is 11.1 Å². The number of benzene rings is 3. The van der Waals surface area contributed by atoms with Gasteiger partial charge in [-0.2, -0.15) is 0 Å². The Kier molecular flexibility index (Phi) is 3.43. The Morgan fingerprint density at radius 2 is 1.31 bits per heavy atom. The Hall–Kier alpha value is -2.93. The number of hydrogen-bond donors (Lipinski definition) is 0. The van der Waals surface area contributed by atoms with Crippen LogP contribution in [0, 0.1) is 0 Å². The van der Waals surface area contributed by atoms with Crippen LogP contribution in [0.1, 0.15) is 41.5 Å². The topological polar surface area (TPSA) is 17.1 Å². The zero-order chi connectivity index (χ0) is 17.6. The van der Waals surface area contributed by atoms with Crippen molar-refractivity contribution in [3.63, 3.8) is 0 Å². The molecule has 26 heavy (non-hydrogen) atoms. The van der Waals surface area contributed by atoms with Gasteiger partial charge in [-0.05, 0) is 39.8 Å². The third kappa shape index (κ3) is 2.13. The van der Waals surface area contributed by atoms with Crippen LogP contribution in [-0.4, -0.2) is 5.78 Å². The lowest BCUT2D eigenvalue weighted by atomic mass is 9.73. The van der Waals surface area contributed by atoms with E-state index in [0.717, 1.165) is 6.42 Å². The van der Waals surface area contributed by atoms with Gasteiger partial charge < -0.3 is 0 Å². The summed E-state index contributed by atoms with van der Waals surface area (Å²) in [7, 11) is 0. The summed E-state index contributed by atoms with van der Waals surface area (Å²) in [5.74, 6) is 0.377. The molecule has 0 aromatic heterocycles. The average Bonchev–Trinajstić information content (AvgIpc) is 3.22. The van der Waals surface area contributed by atoms with E-state index in [0.29, 0.717) is 18.6 Å². The van der Waals surface area contributed by atoms with Gasteiger partial charge in [0.25, 0.3) is 0 Å². The predicted molar refractivity (Wildman–Crippen MR) is 106 cm³/mol. The minimum Gasteiger partial charge on any atom is -0.300 e. The van der Waals surface area contributed by atoms with Gasteiger partial charge in [-0.15, -0.1) is 0 Å². The van der Waals surface area contributed by atoms with Crippen LogP contribution in [0.3, 0.4) is 0 Å². The maximum Gasteiger partial charge on any atom is 0.134 e. The molecule has 0 saturated heterocycles. The summed E-state index contributed by atoms with van der Waals surface area (Å²) in [5, 5.41) is 0. The highest BCUT2D eigenvalue weighted by atomic mass is 16.1. The van der Waals surface area contributed by atoms with Crippen LogP contribution in [-0.2, 0) is 10.2 Å². The molecule has 0 unspecified atom stereocenters. The molecule has 1 saturated carbocycles. The van der Waals surface area contributed by atoms with Crippen molar-refractivity contribution in [3.05, 3.63) is 107 Å². The Labute approximate surface area is 154 Å². The molecule has 1 heteroatoms. The fraction of sp³-hybridized carbons (Fsp3) is 0.160. The zero-order valence-corrected chi connectivity index (χ0v) is 14.6. The summed E-state index contributed by atoms with van der Waals surface area (Å²) in [6.45, 7) is 0. The highest BCUT2D eigenvalue weighted by molar-refractivity contribution is 6.09. The van der Waals surface area contributed by atoms with Crippen molar-refractivity contribution >= 4 is 16.9 Å². The van der Waals surface area contributed by atoms with E-state index in [4.69, 9.17) is 0 Å². The maximum absolute atomic E-state index is 12.4.